The molecule has 15 heteroatoms. The number of ketones is 1. The van der Waals surface area contributed by atoms with Gasteiger partial charge in [-0.25, -0.2) is 13.2 Å². The molecule has 0 spiro atoms. The minimum Gasteiger partial charge on any atom is -0.347 e. The van der Waals surface area contributed by atoms with Crippen molar-refractivity contribution in [3.05, 3.63) is 73.7 Å². The lowest BCUT2D eigenvalue weighted by Gasteiger charge is -2.22. The minimum atomic E-state index is -5.22. The molecule has 2 aromatic carbocycles. The van der Waals surface area contributed by atoms with E-state index in [1.165, 1.54) is 5.32 Å². The van der Waals surface area contributed by atoms with Crippen molar-refractivity contribution in [1.29, 1.82) is 0 Å². The monoisotopic (exact) mass is 627 g/mol. The van der Waals surface area contributed by atoms with Gasteiger partial charge in [-0.3, -0.25) is 9.59 Å². The molecule has 0 aromatic heterocycles. The number of nitrogens with one attached hydrogen (secondary N) is 1. The topological polar surface area (TPSA) is 46.2 Å². The number of rotatable bonds is 9. The second-order valence-corrected chi connectivity index (χ2v) is 9.51. The second kappa shape index (κ2) is 12.4. The SMILES string of the molecule is CC(F)(F)C(/C=C(\F)c1ccc(C(=O)CCC(=O)NCC(F)(F)F)c(C(F)(F)F)c1)c1cc(Cl)c(Cl)c(Cl)c1. The Balaban J connectivity index is 2.41. The van der Waals surface area contributed by atoms with Crippen LogP contribution in [0.4, 0.5) is 39.5 Å². The predicted octanol–water partition coefficient (Wildman–Crippen LogP) is 9.06. The third kappa shape index (κ3) is 9.32. The number of carbonyl (C=O) groups excluding carboxylic acids is 2. The van der Waals surface area contributed by atoms with Gasteiger partial charge < -0.3 is 5.32 Å². The lowest BCUT2D eigenvalue weighted by Crippen LogP contribution is -2.33. The summed E-state index contributed by atoms with van der Waals surface area (Å²) >= 11 is 17.5. The average Bonchev–Trinajstić information content (AvgIpc) is 2.80. The molecule has 1 atom stereocenters. The number of amides is 1. The van der Waals surface area contributed by atoms with Gasteiger partial charge in [0.15, 0.2) is 5.78 Å². The van der Waals surface area contributed by atoms with E-state index in [2.05, 4.69) is 0 Å². The van der Waals surface area contributed by atoms with Gasteiger partial charge in [0.2, 0.25) is 5.91 Å². The van der Waals surface area contributed by atoms with Crippen LogP contribution in [0.15, 0.2) is 36.4 Å². The Morgan fingerprint density at radius 1 is 0.923 bits per heavy atom. The van der Waals surface area contributed by atoms with Gasteiger partial charge in [0.25, 0.3) is 5.92 Å². The van der Waals surface area contributed by atoms with Crippen LogP contribution in [0.3, 0.4) is 0 Å². The number of alkyl halides is 8. The molecule has 214 valence electrons. The Morgan fingerprint density at radius 2 is 1.49 bits per heavy atom. The number of halogens is 12. The quantitative estimate of drug-likeness (QED) is 0.171. The summed E-state index contributed by atoms with van der Waals surface area (Å²) in [6.45, 7) is -1.26. The zero-order valence-corrected chi connectivity index (χ0v) is 21.8. The normalized spacial score (nSPS) is 13.8. The van der Waals surface area contributed by atoms with Gasteiger partial charge in [-0.2, -0.15) is 26.3 Å². The van der Waals surface area contributed by atoms with E-state index in [4.69, 9.17) is 34.8 Å². The molecule has 1 N–H and O–H groups in total. The van der Waals surface area contributed by atoms with Crippen LogP contribution in [-0.2, 0) is 11.0 Å². The summed E-state index contributed by atoms with van der Waals surface area (Å²) < 4.78 is 121. The number of carbonyl (C=O) groups is 2. The first kappa shape index (κ1) is 32.8. The van der Waals surface area contributed by atoms with Gasteiger partial charge in [0.1, 0.15) is 12.4 Å². The van der Waals surface area contributed by atoms with E-state index in [-0.39, 0.29) is 26.7 Å². The highest BCUT2D eigenvalue weighted by molar-refractivity contribution is 6.48. The molecule has 0 fully saturated rings. The fourth-order valence-electron chi connectivity index (χ4n) is 3.35. The van der Waals surface area contributed by atoms with Crippen LogP contribution >= 0.6 is 34.8 Å². The molecule has 0 saturated heterocycles. The van der Waals surface area contributed by atoms with Crippen molar-refractivity contribution in [3.63, 3.8) is 0 Å². The van der Waals surface area contributed by atoms with Gasteiger partial charge in [-0.15, -0.1) is 0 Å². The smallest absolute Gasteiger partial charge is 0.347 e. The molecule has 0 aliphatic rings. The number of hydrogen-bond donors (Lipinski definition) is 1. The maximum Gasteiger partial charge on any atom is 0.417 e. The summed E-state index contributed by atoms with van der Waals surface area (Å²) in [5, 5.41) is 0.866. The van der Waals surface area contributed by atoms with Crippen molar-refractivity contribution >= 4 is 52.3 Å². The van der Waals surface area contributed by atoms with Crippen LogP contribution in [0.5, 0.6) is 0 Å². The van der Waals surface area contributed by atoms with Crippen LogP contribution in [0.1, 0.15) is 52.7 Å². The average molecular weight is 629 g/mol. The van der Waals surface area contributed by atoms with Gasteiger partial charge >= 0.3 is 12.4 Å². The Morgan fingerprint density at radius 3 is 1.97 bits per heavy atom. The lowest BCUT2D eigenvalue weighted by atomic mass is 9.91. The number of Topliss-reactive ketones (excluding diaryl/α,β-unsaturated/α-hetero) is 1. The van der Waals surface area contributed by atoms with E-state index in [9.17, 15) is 44.7 Å². The standard InChI is InChI=1S/C24H17Cl3F9NO2/c1-22(29,30)14(12-7-16(25)21(27)17(26)8-12)9-18(28)11-2-3-13(15(6-11)24(34,35)36)19(38)4-5-20(39)37-10-23(31,32)33/h2-3,6-9,14H,4-5,10H2,1H3,(H,37,39)/b18-9-. The van der Waals surface area contributed by atoms with Crippen molar-refractivity contribution < 1.29 is 49.1 Å². The molecule has 0 radical (unpaired) electrons. The van der Waals surface area contributed by atoms with E-state index in [0.29, 0.717) is 19.1 Å². The highest BCUT2D eigenvalue weighted by atomic mass is 35.5. The predicted molar refractivity (Wildman–Crippen MR) is 128 cm³/mol. The molecular weight excluding hydrogens is 612 g/mol. The first-order chi connectivity index (χ1) is 17.7. The Kier molecular flexibility index (Phi) is 10.4. The highest BCUT2D eigenvalue weighted by Gasteiger charge is 2.37. The Labute approximate surface area is 230 Å². The molecule has 39 heavy (non-hydrogen) atoms. The minimum absolute atomic E-state index is 0.155. The van der Waals surface area contributed by atoms with Crippen LogP contribution < -0.4 is 5.32 Å². The molecule has 0 heterocycles. The van der Waals surface area contributed by atoms with Crippen molar-refractivity contribution in [2.45, 2.75) is 44.0 Å². The van der Waals surface area contributed by atoms with E-state index in [0.717, 1.165) is 18.2 Å². The van der Waals surface area contributed by atoms with E-state index in [1.807, 2.05) is 0 Å². The van der Waals surface area contributed by atoms with Gasteiger partial charge in [-0.05, 0) is 29.8 Å². The molecule has 1 amide bonds. The molecule has 0 saturated carbocycles. The third-order valence-electron chi connectivity index (χ3n) is 5.19. The maximum atomic E-state index is 15.1. The number of allylic oxidation sites excluding steroid dienone is 1. The van der Waals surface area contributed by atoms with E-state index in [1.54, 1.807) is 0 Å². The second-order valence-electron chi connectivity index (χ2n) is 8.32. The van der Waals surface area contributed by atoms with Crippen molar-refractivity contribution in [2.75, 3.05) is 6.54 Å². The first-order valence-corrected chi connectivity index (χ1v) is 11.8. The van der Waals surface area contributed by atoms with Crippen molar-refractivity contribution in [3.8, 4) is 0 Å². The van der Waals surface area contributed by atoms with Crippen LogP contribution in [0, 0.1) is 0 Å². The molecule has 0 aliphatic heterocycles. The third-order valence-corrected chi connectivity index (χ3v) is 6.39. The molecule has 3 nitrogen and oxygen atoms in total. The fraction of sp³-hybridized carbons (Fsp3) is 0.333. The van der Waals surface area contributed by atoms with Crippen LogP contribution in [0.2, 0.25) is 15.1 Å². The Bertz CT molecular complexity index is 1250. The molecular formula is C24H17Cl3F9NO2. The molecule has 0 bridgehead atoms. The summed E-state index contributed by atoms with van der Waals surface area (Å²) in [5.74, 6) is -9.68. The molecule has 0 aliphatic carbocycles. The van der Waals surface area contributed by atoms with Gasteiger partial charge in [0.05, 0.1) is 26.5 Å². The zero-order valence-electron chi connectivity index (χ0n) is 19.5. The summed E-state index contributed by atoms with van der Waals surface area (Å²) in [4.78, 5) is 23.8. The van der Waals surface area contributed by atoms with Gasteiger partial charge in [0, 0.05) is 30.9 Å². The fourth-order valence-corrected chi connectivity index (χ4v) is 3.96. The van der Waals surface area contributed by atoms with E-state index >= 15 is 4.39 Å². The Hall–Kier alpha value is -2.44. The largest absolute Gasteiger partial charge is 0.417 e. The van der Waals surface area contributed by atoms with Gasteiger partial charge in [-0.1, -0.05) is 46.9 Å². The summed E-state index contributed by atoms with van der Waals surface area (Å²) in [5.41, 5.74) is -3.72. The molecule has 1 unspecified atom stereocenters. The van der Waals surface area contributed by atoms with Crippen molar-refractivity contribution in [1.82, 2.24) is 5.32 Å². The van der Waals surface area contributed by atoms with Crippen molar-refractivity contribution in [2.24, 2.45) is 0 Å². The summed E-state index contributed by atoms with van der Waals surface area (Å²) in [6, 6.07) is 3.52. The summed E-state index contributed by atoms with van der Waals surface area (Å²) in [6.07, 6.45) is -11.3. The maximum absolute atomic E-state index is 15.1. The highest BCUT2D eigenvalue weighted by Crippen LogP contribution is 2.42. The van der Waals surface area contributed by atoms with Crippen LogP contribution in [-0.4, -0.2) is 30.3 Å². The van der Waals surface area contributed by atoms with E-state index < -0.39 is 77.8 Å². The first-order valence-electron chi connectivity index (χ1n) is 10.7. The lowest BCUT2D eigenvalue weighted by molar-refractivity contribution is -0.138. The van der Waals surface area contributed by atoms with Crippen LogP contribution in [0.25, 0.3) is 5.83 Å². The number of benzene rings is 2. The number of hydrogen-bond acceptors (Lipinski definition) is 2. The molecule has 2 aromatic rings. The molecule has 2 rings (SSSR count). The summed E-state index contributed by atoms with van der Waals surface area (Å²) in [7, 11) is 0. The zero-order chi connectivity index (χ0) is 29.9.